The van der Waals surface area contributed by atoms with E-state index < -0.39 is 6.10 Å². The fourth-order valence-electron chi connectivity index (χ4n) is 3.73. The molecule has 4 nitrogen and oxygen atoms in total. The number of hydrogen-bond acceptors (Lipinski definition) is 3. The predicted molar refractivity (Wildman–Crippen MR) is 103 cm³/mol. The Kier molecular flexibility index (Phi) is 5.92. The lowest BCUT2D eigenvalue weighted by Gasteiger charge is -2.30. The monoisotopic (exact) mass is 353 g/mol. The minimum absolute atomic E-state index is 0.165. The molecule has 138 valence electrons. The molecule has 0 aliphatic heterocycles. The summed E-state index contributed by atoms with van der Waals surface area (Å²) in [6, 6.07) is 14.0. The third-order valence-corrected chi connectivity index (χ3v) is 5.33. The largest absolute Gasteiger partial charge is 0.452 e. The summed E-state index contributed by atoms with van der Waals surface area (Å²) >= 11 is 0. The van der Waals surface area contributed by atoms with Crippen LogP contribution in [0.4, 0.5) is 0 Å². The number of carbonyl (C=O) groups excluding carboxylic acids is 2. The third-order valence-electron chi connectivity index (χ3n) is 5.33. The first-order valence-electron chi connectivity index (χ1n) is 9.51. The van der Waals surface area contributed by atoms with E-state index in [1.165, 1.54) is 6.42 Å². The van der Waals surface area contributed by atoms with Crippen molar-refractivity contribution in [2.24, 2.45) is 5.92 Å². The number of benzene rings is 2. The Bertz CT molecular complexity index is 781. The zero-order chi connectivity index (χ0) is 18.5. The molecule has 0 bridgehead atoms. The summed E-state index contributed by atoms with van der Waals surface area (Å²) in [4.78, 5) is 24.7. The molecule has 0 heterocycles. The quantitative estimate of drug-likeness (QED) is 0.827. The van der Waals surface area contributed by atoms with E-state index in [0.29, 0.717) is 5.92 Å². The van der Waals surface area contributed by atoms with Crippen molar-refractivity contribution in [3.63, 3.8) is 0 Å². The number of amides is 1. The minimum atomic E-state index is -0.772. The second-order valence-electron chi connectivity index (χ2n) is 7.32. The normalized spacial score (nSPS) is 21.2. The molecule has 1 aliphatic rings. The molecule has 0 aromatic heterocycles. The van der Waals surface area contributed by atoms with Crippen LogP contribution in [0.3, 0.4) is 0 Å². The molecule has 0 spiro atoms. The van der Waals surface area contributed by atoms with Gasteiger partial charge in [0.1, 0.15) is 0 Å². The summed E-state index contributed by atoms with van der Waals surface area (Å²) in [5, 5.41) is 5.19. The number of esters is 1. The molecule has 1 saturated carbocycles. The summed E-state index contributed by atoms with van der Waals surface area (Å²) in [6.45, 7) is 3.81. The first kappa shape index (κ1) is 18.4. The standard InChI is InChI=1S/C22H27NO3/c1-15-8-3-6-13-20(15)23-22(25)16(2)26-21(24)14-18-11-7-10-17-9-4-5-12-19(17)18/h4-5,7,9-12,15-16,20H,3,6,8,13-14H2,1-2H3,(H,23,25)/t15-,16+,20-/m0/s1. The van der Waals surface area contributed by atoms with E-state index >= 15 is 0 Å². The molecule has 1 amide bonds. The Morgan fingerprint density at radius 1 is 1.12 bits per heavy atom. The fraction of sp³-hybridized carbons (Fsp3) is 0.455. The van der Waals surface area contributed by atoms with Gasteiger partial charge in [-0.05, 0) is 42.0 Å². The predicted octanol–water partition coefficient (Wildman–Crippen LogP) is 4.01. The maximum absolute atomic E-state index is 12.4. The van der Waals surface area contributed by atoms with Crippen LogP contribution in [0.25, 0.3) is 10.8 Å². The lowest BCUT2D eigenvalue weighted by molar-refractivity contribution is -0.154. The van der Waals surface area contributed by atoms with Crippen LogP contribution in [0.1, 0.15) is 45.1 Å². The molecular formula is C22H27NO3. The SMILES string of the molecule is C[C@@H](OC(=O)Cc1cccc2ccccc12)C(=O)N[C@H]1CCCC[C@@H]1C. The van der Waals surface area contributed by atoms with Gasteiger partial charge in [0.05, 0.1) is 6.42 Å². The average molecular weight is 353 g/mol. The number of nitrogens with one attached hydrogen (secondary N) is 1. The van der Waals surface area contributed by atoms with E-state index in [1.54, 1.807) is 6.92 Å². The number of rotatable bonds is 5. The Morgan fingerprint density at radius 3 is 2.65 bits per heavy atom. The lowest BCUT2D eigenvalue weighted by atomic mass is 9.86. The van der Waals surface area contributed by atoms with Gasteiger partial charge in [-0.2, -0.15) is 0 Å². The van der Waals surface area contributed by atoms with Crippen molar-refractivity contribution in [2.75, 3.05) is 0 Å². The van der Waals surface area contributed by atoms with Crippen molar-refractivity contribution in [1.82, 2.24) is 5.32 Å². The summed E-state index contributed by atoms with van der Waals surface area (Å²) < 4.78 is 5.39. The van der Waals surface area contributed by atoms with E-state index in [1.807, 2.05) is 42.5 Å². The van der Waals surface area contributed by atoms with Crippen molar-refractivity contribution in [3.05, 3.63) is 48.0 Å². The Hall–Kier alpha value is -2.36. The number of fused-ring (bicyclic) bond motifs is 1. The van der Waals surface area contributed by atoms with Gasteiger partial charge < -0.3 is 10.1 Å². The molecule has 3 rings (SSSR count). The topological polar surface area (TPSA) is 55.4 Å². The van der Waals surface area contributed by atoms with Gasteiger partial charge in [-0.3, -0.25) is 9.59 Å². The van der Waals surface area contributed by atoms with Gasteiger partial charge in [-0.15, -0.1) is 0 Å². The highest BCUT2D eigenvalue weighted by atomic mass is 16.5. The van der Waals surface area contributed by atoms with Crippen molar-refractivity contribution in [3.8, 4) is 0 Å². The molecule has 26 heavy (non-hydrogen) atoms. The Morgan fingerprint density at radius 2 is 1.85 bits per heavy atom. The molecular weight excluding hydrogens is 326 g/mol. The zero-order valence-electron chi connectivity index (χ0n) is 15.5. The second kappa shape index (κ2) is 8.35. The molecule has 4 heteroatoms. The third kappa shape index (κ3) is 4.43. The number of hydrogen-bond donors (Lipinski definition) is 1. The van der Waals surface area contributed by atoms with Gasteiger partial charge >= 0.3 is 5.97 Å². The maximum Gasteiger partial charge on any atom is 0.311 e. The van der Waals surface area contributed by atoms with Crippen molar-refractivity contribution in [2.45, 2.75) is 58.1 Å². The summed E-state index contributed by atoms with van der Waals surface area (Å²) in [5.41, 5.74) is 0.918. The van der Waals surface area contributed by atoms with Gasteiger partial charge in [-0.25, -0.2) is 0 Å². The van der Waals surface area contributed by atoms with Crippen LogP contribution < -0.4 is 5.32 Å². The van der Waals surface area contributed by atoms with Crippen LogP contribution in [-0.2, 0) is 20.7 Å². The van der Waals surface area contributed by atoms with Crippen LogP contribution >= 0.6 is 0 Å². The van der Waals surface area contributed by atoms with Gasteiger partial charge in [0, 0.05) is 6.04 Å². The van der Waals surface area contributed by atoms with Gasteiger partial charge in [-0.1, -0.05) is 62.2 Å². The molecule has 0 unspecified atom stereocenters. The highest BCUT2D eigenvalue weighted by molar-refractivity contribution is 5.90. The summed E-state index contributed by atoms with van der Waals surface area (Å²) in [7, 11) is 0. The maximum atomic E-state index is 12.4. The molecule has 1 fully saturated rings. The summed E-state index contributed by atoms with van der Waals surface area (Å²) in [6.07, 6.45) is 3.91. The zero-order valence-corrected chi connectivity index (χ0v) is 15.5. The summed E-state index contributed by atoms with van der Waals surface area (Å²) in [5.74, 6) is -0.0954. The molecule has 0 radical (unpaired) electrons. The van der Waals surface area contributed by atoms with E-state index in [4.69, 9.17) is 4.74 Å². The smallest absolute Gasteiger partial charge is 0.311 e. The minimum Gasteiger partial charge on any atom is -0.452 e. The molecule has 2 aromatic carbocycles. The number of carbonyl (C=O) groups is 2. The van der Waals surface area contributed by atoms with Crippen LogP contribution in [-0.4, -0.2) is 24.0 Å². The van der Waals surface area contributed by atoms with Crippen LogP contribution in [0.2, 0.25) is 0 Å². The van der Waals surface area contributed by atoms with Gasteiger partial charge in [0.25, 0.3) is 5.91 Å². The fourth-order valence-corrected chi connectivity index (χ4v) is 3.73. The molecule has 1 N–H and O–H groups in total. The van der Waals surface area contributed by atoms with Gasteiger partial charge in [0.15, 0.2) is 6.10 Å². The first-order chi connectivity index (χ1) is 12.5. The molecule has 0 saturated heterocycles. The Balaban J connectivity index is 1.57. The first-order valence-corrected chi connectivity index (χ1v) is 9.51. The Labute approximate surface area is 154 Å². The van der Waals surface area contributed by atoms with Crippen LogP contribution in [0.5, 0.6) is 0 Å². The number of ether oxygens (including phenoxy) is 1. The molecule has 1 aliphatic carbocycles. The van der Waals surface area contributed by atoms with E-state index in [-0.39, 0.29) is 24.3 Å². The second-order valence-corrected chi connectivity index (χ2v) is 7.32. The van der Waals surface area contributed by atoms with E-state index in [0.717, 1.165) is 35.6 Å². The van der Waals surface area contributed by atoms with Crippen molar-refractivity contribution < 1.29 is 14.3 Å². The lowest BCUT2D eigenvalue weighted by Crippen LogP contribution is -2.46. The average Bonchev–Trinajstić information content (AvgIpc) is 2.64. The van der Waals surface area contributed by atoms with Crippen LogP contribution in [0, 0.1) is 5.92 Å². The highest BCUT2D eigenvalue weighted by Gasteiger charge is 2.26. The van der Waals surface area contributed by atoms with E-state index in [9.17, 15) is 9.59 Å². The van der Waals surface area contributed by atoms with Gasteiger partial charge in [0.2, 0.25) is 0 Å². The van der Waals surface area contributed by atoms with E-state index in [2.05, 4.69) is 12.2 Å². The molecule has 2 aromatic rings. The van der Waals surface area contributed by atoms with Crippen molar-refractivity contribution in [1.29, 1.82) is 0 Å². The molecule has 3 atom stereocenters. The van der Waals surface area contributed by atoms with Crippen LogP contribution in [0.15, 0.2) is 42.5 Å². The van der Waals surface area contributed by atoms with Crippen molar-refractivity contribution >= 4 is 22.6 Å². The highest BCUT2D eigenvalue weighted by Crippen LogP contribution is 2.24.